The Labute approximate surface area is 143 Å². The van der Waals surface area contributed by atoms with Crippen LogP contribution >= 0.6 is 0 Å². The number of unbranched alkanes of at least 4 members (excludes halogenated alkanes) is 1. The monoisotopic (exact) mass is 337 g/mol. The number of nitrogens with zero attached hydrogens (tertiary/aromatic N) is 2. The van der Waals surface area contributed by atoms with Gasteiger partial charge in [-0.25, -0.2) is 0 Å². The standard InChI is InChI=1S/C17H29N4O3/c1-20-10-5-8-15(20)16(23)19-14(7-2-3-9-18)17(24)21-11-4-6-13(21)12-22/h13-15H,2-11,18H2,1H3,(H,19,23)/t13-,14-,15-/m0/s1. The molecule has 0 aromatic heterocycles. The first-order valence-corrected chi connectivity index (χ1v) is 8.97. The zero-order chi connectivity index (χ0) is 17.5. The van der Waals surface area contributed by atoms with E-state index in [2.05, 4.69) is 5.32 Å². The lowest BCUT2D eigenvalue weighted by atomic mass is 10.1. The van der Waals surface area contributed by atoms with Crippen LogP contribution in [-0.2, 0) is 14.4 Å². The lowest BCUT2D eigenvalue weighted by Gasteiger charge is -2.28. The summed E-state index contributed by atoms with van der Waals surface area (Å²) < 4.78 is 0. The Balaban J connectivity index is 2.01. The molecule has 1 radical (unpaired) electrons. The first-order chi connectivity index (χ1) is 11.6. The molecule has 2 aliphatic rings. The van der Waals surface area contributed by atoms with Crippen molar-refractivity contribution in [3.05, 3.63) is 0 Å². The van der Waals surface area contributed by atoms with Gasteiger partial charge < -0.3 is 16.0 Å². The van der Waals surface area contributed by atoms with Crippen LogP contribution in [-0.4, -0.2) is 72.7 Å². The van der Waals surface area contributed by atoms with Gasteiger partial charge in [0.25, 0.3) is 0 Å². The van der Waals surface area contributed by atoms with Gasteiger partial charge in [-0.3, -0.25) is 19.3 Å². The van der Waals surface area contributed by atoms with Crippen molar-refractivity contribution in [2.45, 2.75) is 63.1 Å². The molecule has 24 heavy (non-hydrogen) atoms. The Morgan fingerprint density at radius 1 is 1.25 bits per heavy atom. The van der Waals surface area contributed by atoms with E-state index in [-0.39, 0.29) is 17.9 Å². The average molecular weight is 337 g/mol. The third-order valence-electron chi connectivity index (χ3n) is 5.06. The molecule has 135 valence electrons. The normalized spacial score (nSPS) is 25.7. The van der Waals surface area contributed by atoms with Gasteiger partial charge in [0, 0.05) is 6.54 Å². The highest BCUT2D eigenvalue weighted by Gasteiger charge is 2.36. The van der Waals surface area contributed by atoms with Crippen LogP contribution in [0, 0.1) is 0 Å². The van der Waals surface area contributed by atoms with Gasteiger partial charge in [0.05, 0.1) is 12.1 Å². The molecular formula is C17H29N4O3. The van der Waals surface area contributed by atoms with Crippen molar-refractivity contribution < 1.29 is 14.4 Å². The summed E-state index contributed by atoms with van der Waals surface area (Å²) in [5.74, 6) is -0.251. The summed E-state index contributed by atoms with van der Waals surface area (Å²) in [7, 11) is 1.93. The Kier molecular flexibility index (Phi) is 7.17. The smallest absolute Gasteiger partial charge is 0.245 e. The highest BCUT2D eigenvalue weighted by Crippen LogP contribution is 2.19. The fourth-order valence-corrected chi connectivity index (χ4v) is 3.61. The van der Waals surface area contributed by atoms with Gasteiger partial charge in [0.15, 0.2) is 0 Å². The van der Waals surface area contributed by atoms with Crippen molar-refractivity contribution in [1.29, 1.82) is 0 Å². The molecule has 0 aromatic rings. The van der Waals surface area contributed by atoms with Gasteiger partial charge in [-0.1, -0.05) is 0 Å². The van der Waals surface area contributed by atoms with Gasteiger partial charge in [-0.2, -0.15) is 0 Å². The SMILES string of the molecule is CN1CCC[C@H]1C(=O)N[C@@H](CCCCN)C(=O)N1CCC[C@H]1[C]=O. The summed E-state index contributed by atoms with van der Waals surface area (Å²) >= 11 is 0. The van der Waals surface area contributed by atoms with E-state index < -0.39 is 12.1 Å². The maximum absolute atomic E-state index is 12.8. The summed E-state index contributed by atoms with van der Waals surface area (Å²) in [5, 5.41) is 2.93. The fraction of sp³-hybridized carbons (Fsp3) is 0.824. The van der Waals surface area contributed by atoms with Crippen LogP contribution in [0.3, 0.4) is 0 Å². The van der Waals surface area contributed by atoms with Gasteiger partial charge in [0.1, 0.15) is 6.04 Å². The highest BCUT2D eigenvalue weighted by atomic mass is 16.2. The Morgan fingerprint density at radius 3 is 2.62 bits per heavy atom. The number of amides is 2. The second-order valence-corrected chi connectivity index (χ2v) is 6.79. The minimum atomic E-state index is -0.577. The summed E-state index contributed by atoms with van der Waals surface area (Å²) in [6.45, 7) is 2.03. The average Bonchev–Trinajstić information content (AvgIpc) is 3.21. The third-order valence-corrected chi connectivity index (χ3v) is 5.06. The van der Waals surface area contributed by atoms with Crippen molar-refractivity contribution in [2.75, 3.05) is 26.7 Å². The maximum atomic E-state index is 12.8. The molecule has 2 fully saturated rings. The third kappa shape index (κ3) is 4.54. The molecule has 2 rings (SSSR count). The number of nitrogens with one attached hydrogen (secondary N) is 1. The summed E-state index contributed by atoms with van der Waals surface area (Å²) in [6, 6.07) is -1.21. The second-order valence-electron chi connectivity index (χ2n) is 6.79. The predicted octanol–water partition coefficient (Wildman–Crippen LogP) is -0.205. The van der Waals surface area contributed by atoms with Crippen LogP contribution in [0.15, 0.2) is 0 Å². The molecule has 2 amide bonds. The molecule has 0 bridgehead atoms. The molecule has 0 aromatic carbocycles. The van der Waals surface area contributed by atoms with Crippen molar-refractivity contribution in [3.63, 3.8) is 0 Å². The molecule has 7 heteroatoms. The molecule has 3 N–H and O–H groups in total. The summed E-state index contributed by atoms with van der Waals surface area (Å²) in [4.78, 5) is 40.0. The van der Waals surface area contributed by atoms with Crippen LogP contribution in [0.25, 0.3) is 0 Å². The minimum Gasteiger partial charge on any atom is -0.343 e. The van der Waals surface area contributed by atoms with E-state index in [1.807, 2.05) is 18.2 Å². The molecule has 2 aliphatic heterocycles. The lowest BCUT2D eigenvalue weighted by molar-refractivity contribution is -0.137. The van der Waals surface area contributed by atoms with Crippen LogP contribution in [0.4, 0.5) is 0 Å². The molecule has 3 atom stereocenters. The first-order valence-electron chi connectivity index (χ1n) is 8.97. The molecule has 0 aliphatic carbocycles. The second kappa shape index (κ2) is 9.13. The molecule has 2 heterocycles. The molecule has 7 nitrogen and oxygen atoms in total. The molecule has 2 saturated heterocycles. The molecular weight excluding hydrogens is 308 g/mol. The number of carbonyl (C=O) groups excluding carboxylic acids is 3. The van der Waals surface area contributed by atoms with E-state index in [0.717, 1.165) is 38.6 Å². The van der Waals surface area contributed by atoms with Crippen LogP contribution in [0.1, 0.15) is 44.9 Å². The summed E-state index contributed by atoms with van der Waals surface area (Å²) in [6.07, 6.45) is 7.37. The van der Waals surface area contributed by atoms with Crippen LogP contribution in [0.5, 0.6) is 0 Å². The summed E-state index contributed by atoms with van der Waals surface area (Å²) in [5.41, 5.74) is 5.53. The Hall–Kier alpha value is -1.47. The van der Waals surface area contributed by atoms with Crippen molar-refractivity contribution >= 4 is 18.1 Å². The van der Waals surface area contributed by atoms with E-state index in [9.17, 15) is 14.4 Å². The topological polar surface area (TPSA) is 95.7 Å². The number of likely N-dealkylation sites (tertiary alicyclic amines) is 2. The Bertz CT molecular complexity index is 457. The molecule has 0 spiro atoms. The lowest BCUT2D eigenvalue weighted by Crippen LogP contribution is -2.53. The number of likely N-dealkylation sites (N-methyl/N-ethyl adjacent to an activating group) is 1. The van der Waals surface area contributed by atoms with E-state index in [1.54, 1.807) is 4.90 Å². The predicted molar refractivity (Wildman–Crippen MR) is 90.9 cm³/mol. The van der Waals surface area contributed by atoms with Crippen molar-refractivity contribution in [3.8, 4) is 0 Å². The van der Waals surface area contributed by atoms with E-state index in [4.69, 9.17) is 5.73 Å². The van der Waals surface area contributed by atoms with Gasteiger partial charge in [-0.05, 0) is 65.1 Å². The van der Waals surface area contributed by atoms with Gasteiger partial charge in [0.2, 0.25) is 18.1 Å². The Morgan fingerprint density at radius 2 is 2.00 bits per heavy atom. The van der Waals surface area contributed by atoms with Crippen LogP contribution in [0.2, 0.25) is 0 Å². The van der Waals surface area contributed by atoms with E-state index >= 15 is 0 Å². The number of carbonyl (C=O) groups is 2. The highest BCUT2D eigenvalue weighted by molar-refractivity contribution is 5.91. The van der Waals surface area contributed by atoms with Gasteiger partial charge in [-0.15, -0.1) is 0 Å². The number of rotatable bonds is 8. The van der Waals surface area contributed by atoms with Gasteiger partial charge >= 0.3 is 0 Å². The molecule has 0 unspecified atom stereocenters. The fourth-order valence-electron chi connectivity index (χ4n) is 3.61. The van der Waals surface area contributed by atoms with Crippen LogP contribution < -0.4 is 11.1 Å². The minimum absolute atomic E-state index is 0.0908. The maximum Gasteiger partial charge on any atom is 0.245 e. The quantitative estimate of drug-likeness (QED) is 0.598. The number of nitrogens with two attached hydrogens (primary N) is 1. The molecule has 0 saturated carbocycles. The number of hydrogen-bond acceptors (Lipinski definition) is 5. The van der Waals surface area contributed by atoms with E-state index in [1.165, 1.54) is 0 Å². The zero-order valence-corrected chi connectivity index (χ0v) is 14.5. The van der Waals surface area contributed by atoms with Crippen molar-refractivity contribution in [2.24, 2.45) is 5.73 Å². The van der Waals surface area contributed by atoms with Crippen molar-refractivity contribution in [1.82, 2.24) is 15.1 Å². The number of hydrogen-bond donors (Lipinski definition) is 2. The van der Waals surface area contributed by atoms with E-state index in [0.29, 0.717) is 25.9 Å². The largest absolute Gasteiger partial charge is 0.343 e. The zero-order valence-electron chi connectivity index (χ0n) is 14.5. The first kappa shape index (κ1) is 18.9.